The van der Waals surface area contributed by atoms with E-state index in [1.807, 2.05) is 36.4 Å². The van der Waals surface area contributed by atoms with Crippen molar-refractivity contribution in [2.24, 2.45) is 0 Å². The number of amides is 1. The smallest absolute Gasteiger partial charge is 0.287 e. The number of fused-ring (bicyclic) bond motifs is 1. The summed E-state index contributed by atoms with van der Waals surface area (Å²) in [6.45, 7) is 13.3. The van der Waals surface area contributed by atoms with E-state index in [0.717, 1.165) is 11.3 Å². The molecule has 4 heteroatoms. The molecule has 4 rings (SSSR count). The van der Waals surface area contributed by atoms with Crippen LogP contribution in [0.1, 0.15) is 97.7 Å². The van der Waals surface area contributed by atoms with Crippen LogP contribution in [0, 0.1) is 6.92 Å². The Hall–Kier alpha value is -2.85. The number of furan rings is 1. The highest BCUT2D eigenvalue weighted by molar-refractivity contribution is 5.91. The Morgan fingerprint density at radius 3 is 2.26 bits per heavy atom. The second-order valence-corrected chi connectivity index (χ2v) is 11.2. The number of rotatable bonds is 6. The van der Waals surface area contributed by atoms with Crippen molar-refractivity contribution in [3.05, 3.63) is 93.9 Å². The third kappa shape index (κ3) is 4.83. The van der Waals surface area contributed by atoms with Crippen LogP contribution in [-0.4, -0.2) is 17.1 Å². The van der Waals surface area contributed by atoms with E-state index in [1.54, 1.807) is 13.0 Å². The number of aliphatic hydroxyl groups excluding tert-OH is 1. The maximum Gasteiger partial charge on any atom is 0.287 e. The number of hydrogen-bond acceptors (Lipinski definition) is 3. The summed E-state index contributed by atoms with van der Waals surface area (Å²) in [7, 11) is 0. The fourth-order valence-corrected chi connectivity index (χ4v) is 5.04. The Morgan fingerprint density at radius 2 is 1.62 bits per heavy atom. The zero-order chi connectivity index (χ0) is 24.7. The van der Waals surface area contributed by atoms with E-state index in [-0.39, 0.29) is 22.5 Å². The Morgan fingerprint density at radius 1 is 1.00 bits per heavy atom. The van der Waals surface area contributed by atoms with E-state index < -0.39 is 12.1 Å². The lowest BCUT2D eigenvalue weighted by Gasteiger charge is -2.42. The van der Waals surface area contributed by atoms with Gasteiger partial charge >= 0.3 is 0 Å². The predicted octanol–water partition coefficient (Wildman–Crippen LogP) is 6.38. The second-order valence-electron chi connectivity index (χ2n) is 11.2. The third-order valence-electron chi connectivity index (χ3n) is 7.53. The lowest BCUT2D eigenvalue weighted by Crippen LogP contribution is -2.36. The molecule has 3 aromatic rings. The molecule has 2 unspecified atom stereocenters. The molecule has 1 amide bonds. The van der Waals surface area contributed by atoms with E-state index >= 15 is 0 Å². The number of carbonyl (C=O) groups is 1. The molecule has 1 heterocycles. The van der Waals surface area contributed by atoms with Crippen LogP contribution >= 0.6 is 0 Å². The molecule has 34 heavy (non-hydrogen) atoms. The largest absolute Gasteiger partial charge is 0.456 e. The van der Waals surface area contributed by atoms with Crippen molar-refractivity contribution in [3.63, 3.8) is 0 Å². The minimum atomic E-state index is -0.787. The normalized spacial score (nSPS) is 18.1. The molecule has 1 aromatic heterocycles. The molecular formula is C30H37NO3. The number of carbonyl (C=O) groups excluding carboxylic acids is 1. The molecule has 2 N–H and O–H groups in total. The van der Waals surface area contributed by atoms with Crippen LogP contribution in [0.2, 0.25) is 0 Å². The van der Waals surface area contributed by atoms with Crippen LogP contribution in [0.15, 0.2) is 59.0 Å². The standard InChI is InChI=1S/C30H37NO3/c1-19-16-24-25(30(5,6)15-14-29(24,3)4)18-22(19)17-23-12-13-26(34-23)28(33)31-20(2)27(32)21-10-8-7-9-11-21/h7-13,16,18,20,27,32H,14-15,17H2,1-6H3,(H,31,33). The molecule has 0 bridgehead atoms. The molecule has 2 aromatic carbocycles. The molecule has 180 valence electrons. The minimum Gasteiger partial charge on any atom is -0.456 e. The van der Waals surface area contributed by atoms with Crippen molar-refractivity contribution in [1.82, 2.24) is 5.32 Å². The third-order valence-corrected chi connectivity index (χ3v) is 7.53. The highest BCUT2D eigenvalue weighted by atomic mass is 16.4. The number of aliphatic hydroxyl groups is 1. The summed E-state index contributed by atoms with van der Waals surface area (Å²) >= 11 is 0. The Bertz CT molecular complexity index is 1170. The molecule has 0 saturated carbocycles. The molecule has 0 fully saturated rings. The van der Waals surface area contributed by atoms with E-state index in [4.69, 9.17) is 4.42 Å². The Balaban J connectivity index is 1.49. The van der Waals surface area contributed by atoms with Gasteiger partial charge in [0.25, 0.3) is 5.91 Å². The van der Waals surface area contributed by atoms with Crippen LogP contribution in [0.3, 0.4) is 0 Å². The summed E-state index contributed by atoms with van der Waals surface area (Å²) in [5, 5.41) is 13.4. The van der Waals surface area contributed by atoms with E-state index in [0.29, 0.717) is 6.42 Å². The number of nitrogens with one attached hydrogen (secondary N) is 1. The number of benzene rings is 2. The van der Waals surface area contributed by atoms with Gasteiger partial charge in [0.1, 0.15) is 5.76 Å². The first-order chi connectivity index (χ1) is 16.0. The average Bonchev–Trinajstić information content (AvgIpc) is 3.27. The zero-order valence-electron chi connectivity index (χ0n) is 21.2. The van der Waals surface area contributed by atoms with Gasteiger partial charge in [-0.1, -0.05) is 70.2 Å². The number of aryl methyl sites for hydroxylation is 1. The summed E-state index contributed by atoms with van der Waals surface area (Å²) in [6, 6.07) is 17.2. The maximum absolute atomic E-state index is 12.8. The topological polar surface area (TPSA) is 62.5 Å². The van der Waals surface area contributed by atoms with Gasteiger partial charge in [0.2, 0.25) is 0 Å². The average molecular weight is 460 g/mol. The van der Waals surface area contributed by atoms with Crippen LogP contribution in [-0.2, 0) is 17.3 Å². The van der Waals surface area contributed by atoms with E-state index in [1.165, 1.54) is 35.1 Å². The summed E-state index contributed by atoms with van der Waals surface area (Å²) in [5.41, 5.74) is 6.48. The molecule has 0 aliphatic heterocycles. The summed E-state index contributed by atoms with van der Waals surface area (Å²) < 4.78 is 5.93. The quantitative estimate of drug-likeness (QED) is 0.450. The fraction of sp³-hybridized carbons (Fsp3) is 0.433. The Labute approximate surface area is 203 Å². The van der Waals surface area contributed by atoms with Crippen LogP contribution in [0.25, 0.3) is 0 Å². The Kier molecular flexibility index (Phi) is 6.48. The predicted molar refractivity (Wildman–Crippen MR) is 136 cm³/mol. The van der Waals surface area contributed by atoms with Gasteiger partial charge in [0.05, 0.1) is 12.1 Å². The van der Waals surface area contributed by atoms with Crippen LogP contribution < -0.4 is 5.32 Å². The first-order valence-corrected chi connectivity index (χ1v) is 12.2. The summed E-state index contributed by atoms with van der Waals surface area (Å²) in [5.74, 6) is 0.704. The van der Waals surface area contributed by atoms with Crippen molar-refractivity contribution in [2.45, 2.75) is 83.8 Å². The maximum atomic E-state index is 12.8. The molecular weight excluding hydrogens is 422 g/mol. The summed E-state index contributed by atoms with van der Waals surface area (Å²) in [4.78, 5) is 12.8. The van der Waals surface area contributed by atoms with Gasteiger partial charge in [-0.05, 0) is 77.5 Å². The van der Waals surface area contributed by atoms with Gasteiger partial charge < -0.3 is 14.8 Å². The monoisotopic (exact) mass is 459 g/mol. The van der Waals surface area contributed by atoms with Crippen LogP contribution in [0.4, 0.5) is 0 Å². The van der Waals surface area contributed by atoms with E-state index in [2.05, 4.69) is 52.1 Å². The van der Waals surface area contributed by atoms with Gasteiger partial charge in [0, 0.05) is 6.42 Å². The summed E-state index contributed by atoms with van der Waals surface area (Å²) in [6.07, 6.45) is 2.23. The molecule has 0 radical (unpaired) electrons. The van der Waals surface area contributed by atoms with Gasteiger partial charge in [-0.25, -0.2) is 0 Å². The van der Waals surface area contributed by atoms with Crippen molar-refractivity contribution in [3.8, 4) is 0 Å². The SMILES string of the molecule is Cc1cc2c(cc1Cc1ccc(C(=O)NC(C)C(O)c3ccccc3)o1)C(C)(C)CCC2(C)C. The van der Waals surface area contributed by atoms with Crippen molar-refractivity contribution in [1.29, 1.82) is 0 Å². The van der Waals surface area contributed by atoms with Gasteiger partial charge in [-0.2, -0.15) is 0 Å². The molecule has 2 atom stereocenters. The molecule has 4 nitrogen and oxygen atoms in total. The number of hydrogen-bond donors (Lipinski definition) is 2. The molecule has 1 aliphatic rings. The highest BCUT2D eigenvalue weighted by Gasteiger charge is 2.37. The van der Waals surface area contributed by atoms with Gasteiger partial charge in [0.15, 0.2) is 5.76 Å². The van der Waals surface area contributed by atoms with Crippen LogP contribution in [0.5, 0.6) is 0 Å². The lowest BCUT2D eigenvalue weighted by atomic mass is 9.62. The van der Waals surface area contributed by atoms with Crippen molar-refractivity contribution in [2.75, 3.05) is 0 Å². The molecule has 1 aliphatic carbocycles. The molecule has 0 saturated heterocycles. The zero-order valence-corrected chi connectivity index (χ0v) is 21.2. The second kappa shape index (κ2) is 9.07. The van der Waals surface area contributed by atoms with E-state index in [9.17, 15) is 9.90 Å². The highest BCUT2D eigenvalue weighted by Crippen LogP contribution is 2.46. The first kappa shape index (κ1) is 24.3. The minimum absolute atomic E-state index is 0.150. The fourth-order valence-electron chi connectivity index (χ4n) is 5.04. The lowest BCUT2D eigenvalue weighted by molar-refractivity contribution is 0.0824. The van der Waals surface area contributed by atoms with Gasteiger partial charge in [-0.15, -0.1) is 0 Å². The van der Waals surface area contributed by atoms with Crippen molar-refractivity contribution >= 4 is 5.91 Å². The first-order valence-electron chi connectivity index (χ1n) is 12.2. The van der Waals surface area contributed by atoms with Crippen molar-refractivity contribution < 1.29 is 14.3 Å². The molecule has 0 spiro atoms. The van der Waals surface area contributed by atoms with Gasteiger partial charge in [-0.3, -0.25) is 4.79 Å².